The monoisotopic (exact) mass is 445 g/mol. The topological polar surface area (TPSA) is 45.6 Å². The number of likely N-dealkylation sites (tertiary alicyclic amines) is 1. The van der Waals surface area contributed by atoms with Crippen molar-refractivity contribution in [1.29, 1.82) is 0 Å². The van der Waals surface area contributed by atoms with E-state index in [0.29, 0.717) is 25.2 Å². The van der Waals surface area contributed by atoms with Crippen LogP contribution < -0.4 is 0 Å². The molecule has 4 nitrogen and oxygen atoms in total. The predicted molar refractivity (Wildman–Crippen MR) is 124 cm³/mol. The summed E-state index contributed by atoms with van der Waals surface area (Å²) in [5.41, 5.74) is 5.36. The van der Waals surface area contributed by atoms with Gasteiger partial charge in [0.05, 0.1) is 18.8 Å². The second-order valence-electron chi connectivity index (χ2n) is 8.98. The third-order valence-electron chi connectivity index (χ3n) is 6.33. The Balaban J connectivity index is 1.31. The maximum Gasteiger partial charge on any atom is 0.260 e. The highest BCUT2D eigenvalue weighted by Crippen LogP contribution is 2.34. The molecular formula is C27H25F2N3O. The Kier molecular flexibility index (Phi) is 5.85. The molecule has 0 amide bonds. The molecule has 6 heteroatoms. The Morgan fingerprint density at radius 2 is 1.85 bits per heavy atom. The van der Waals surface area contributed by atoms with Gasteiger partial charge in [-0.15, -0.1) is 0 Å². The molecule has 33 heavy (non-hydrogen) atoms. The first kappa shape index (κ1) is 21.6. The molecule has 3 aromatic rings. The van der Waals surface area contributed by atoms with Gasteiger partial charge in [0.2, 0.25) is 0 Å². The largest absolute Gasteiger partial charge is 0.294 e. The Morgan fingerprint density at radius 1 is 1.06 bits per heavy atom. The van der Waals surface area contributed by atoms with Crippen LogP contribution in [-0.4, -0.2) is 40.4 Å². The second kappa shape index (κ2) is 8.94. The van der Waals surface area contributed by atoms with Crippen LogP contribution in [0.4, 0.5) is 8.78 Å². The van der Waals surface area contributed by atoms with Gasteiger partial charge in [0.1, 0.15) is 0 Å². The Labute approximate surface area is 192 Å². The molecule has 0 N–H and O–H groups in total. The van der Waals surface area contributed by atoms with E-state index in [-0.39, 0.29) is 31.1 Å². The zero-order valence-corrected chi connectivity index (χ0v) is 18.3. The molecule has 0 bridgehead atoms. The van der Waals surface area contributed by atoms with E-state index >= 15 is 0 Å². The zero-order valence-electron chi connectivity index (χ0n) is 18.3. The van der Waals surface area contributed by atoms with Gasteiger partial charge in [0.25, 0.3) is 5.92 Å². The fraction of sp³-hybridized carbons (Fsp3) is 0.296. The minimum atomic E-state index is -2.79. The van der Waals surface area contributed by atoms with Gasteiger partial charge >= 0.3 is 0 Å². The molecule has 0 saturated carbocycles. The minimum absolute atomic E-state index is 0.0962. The third kappa shape index (κ3) is 4.91. The quantitative estimate of drug-likeness (QED) is 0.492. The third-order valence-corrected chi connectivity index (χ3v) is 6.33. The number of carbonyl (C=O) groups excluding carboxylic acids is 1. The maximum atomic E-state index is 14.5. The number of piperidine rings is 1. The molecule has 1 unspecified atom stereocenters. The van der Waals surface area contributed by atoms with Crippen molar-refractivity contribution in [2.45, 2.75) is 31.9 Å². The molecule has 2 aliphatic heterocycles. The Morgan fingerprint density at radius 3 is 2.64 bits per heavy atom. The number of benzene rings is 2. The van der Waals surface area contributed by atoms with Crippen molar-refractivity contribution in [3.63, 3.8) is 0 Å². The average molecular weight is 446 g/mol. The number of ketones is 1. The van der Waals surface area contributed by atoms with Crippen LogP contribution in [-0.2, 0) is 13.1 Å². The maximum absolute atomic E-state index is 14.5. The molecule has 2 aliphatic rings. The molecular weight excluding hydrogens is 420 g/mol. The van der Waals surface area contributed by atoms with Crippen molar-refractivity contribution in [3.8, 4) is 0 Å². The highest BCUT2D eigenvalue weighted by atomic mass is 19.3. The van der Waals surface area contributed by atoms with E-state index in [0.717, 1.165) is 28.0 Å². The van der Waals surface area contributed by atoms with E-state index in [9.17, 15) is 13.6 Å². The summed E-state index contributed by atoms with van der Waals surface area (Å²) in [7, 11) is 0. The fourth-order valence-electron chi connectivity index (χ4n) is 4.90. The first-order valence-corrected chi connectivity index (χ1v) is 11.2. The summed E-state index contributed by atoms with van der Waals surface area (Å²) in [5.74, 6) is -3.27. The Bertz CT molecular complexity index is 1180. The molecule has 0 radical (unpaired) electrons. The van der Waals surface area contributed by atoms with Crippen LogP contribution >= 0.6 is 0 Å². The lowest BCUT2D eigenvalue weighted by Crippen LogP contribution is -2.47. The zero-order chi connectivity index (χ0) is 22.8. The molecule has 168 valence electrons. The summed E-state index contributed by atoms with van der Waals surface area (Å²) in [6.07, 6.45) is 3.30. The summed E-state index contributed by atoms with van der Waals surface area (Å²) >= 11 is 0. The lowest BCUT2D eigenvalue weighted by molar-refractivity contribution is -0.0863. The number of rotatable bonds is 6. The smallest absolute Gasteiger partial charge is 0.260 e. The van der Waals surface area contributed by atoms with E-state index in [1.165, 1.54) is 0 Å². The van der Waals surface area contributed by atoms with E-state index in [1.54, 1.807) is 23.4 Å². The number of fused-ring (bicyclic) bond motifs is 1. The SMILES string of the molecule is O=C(CC1CN(Cc2ccccc2)CC(F)(F)C1)c1ccc2c(c1)C(c1ccncc1)=NC2. The lowest BCUT2D eigenvalue weighted by Gasteiger charge is -2.37. The predicted octanol–water partition coefficient (Wildman–Crippen LogP) is 5.16. The first-order chi connectivity index (χ1) is 16.0. The summed E-state index contributed by atoms with van der Waals surface area (Å²) in [6.45, 7) is 1.26. The average Bonchev–Trinajstić information content (AvgIpc) is 3.22. The summed E-state index contributed by atoms with van der Waals surface area (Å²) in [4.78, 5) is 23.6. The molecule has 0 spiro atoms. The van der Waals surface area contributed by atoms with Crippen molar-refractivity contribution in [2.24, 2.45) is 10.9 Å². The molecule has 5 rings (SSSR count). The first-order valence-electron chi connectivity index (χ1n) is 11.2. The van der Waals surface area contributed by atoms with E-state index in [1.807, 2.05) is 54.6 Å². The highest BCUT2D eigenvalue weighted by molar-refractivity contribution is 6.16. The summed E-state index contributed by atoms with van der Waals surface area (Å²) < 4.78 is 29.0. The van der Waals surface area contributed by atoms with Gasteiger partial charge in [-0.25, -0.2) is 8.78 Å². The number of nitrogens with zero attached hydrogens (tertiary/aromatic N) is 3. The van der Waals surface area contributed by atoms with Gasteiger partial charge in [-0.05, 0) is 35.2 Å². The van der Waals surface area contributed by atoms with Crippen LogP contribution in [0, 0.1) is 5.92 Å². The van der Waals surface area contributed by atoms with Crippen LogP contribution in [0.5, 0.6) is 0 Å². The van der Waals surface area contributed by atoms with Gasteiger partial charge in [-0.2, -0.15) is 0 Å². The van der Waals surface area contributed by atoms with Gasteiger partial charge in [0.15, 0.2) is 5.78 Å². The van der Waals surface area contributed by atoms with Crippen molar-refractivity contribution in [1.82, 2.24) is 9.88 Å². The van der Waals surface area contributed by atoms with Gasteiger partial charge < -0.3 is 0 Å². The lowest BCUT2D eigenvalue weighted by atomic mass is 9.88. The minimum Gasteiger partial charge on any atom is -0.294 e. The number of hydrogen-bond donors (Lipinski definition) is 0. The van der Waals surface area contributed by atoms with Crippen LogP contribution in [0.3, 0.4) is 0 Å². The Hall–Kier alpha value is -3.25. The van der Waals surface area contributed by atoms with Crippen molar-refractivity contribution >= 4 is 11.5 Å². The number of aromatic nitrogens is 1. The number of alkyl halides is 2. The number of carbonyl (C=O) groups is 1. The van der Waals surface area contributed by atoms with Crippen molar-refractivity contribution in [2.75, 3.05) is 13.1 Å². The standard InChI is InChI=1S/C27H25F2N3O/c28-27(29)14-20(17-32(18-27)16-19-4-2-1-3-5-19)12-25(33)22-6-7-23-15-31-26(24(23)13-22)21-8-10-30-11-9-21/h1-11,13,20H,12,14-18H2. The molecule has 3 heterocycles. The summed E-state index contributed by atoms with van der Waals surface area (Å²) in [5, 5.41) is 0. The molecule has 1 saturated heterocycles. The van der Waals surface area contributed by atoms with Crippen LogP contribution in [0.15, 0.2) is 78.0 Å². The molecule has 1 fully saturated rings. The second-order valence-corrected chi connectivity index (χ2v) is 8.98. The number of pyridine rings is 1. The normalized spacial score (nSPS) is 19.7. The van der Waals surface area contributed by atoms with Crippen LogP contribution in [0.1, 0.15) is 45.5 Å². The summed E-state index contributed by atoms with van der Waals surface area (Å²) in [6, 6.07) is 19.0. The van der Waals surface area contributed by atoms with Gasteiger partial charge in [-0.3, -0.25) is 19.7 Å². The van der Waals surface area contributed by atoms with Gasteiger partial charge in [-0.1, -0.05) is 42.5 Å². The molecule has 1 atom stereocenters. The number of halogens is 2. The molecule has 2 aromatic carbocycles. The molecule has 0 aliphatic carbocycles. The number of aliphatic imine (C=N–C) groups is 1. The van der Waals surface area contributed by atoms with Crippen LogP contribution in [0.2, 0.25) is 0 Å². The van der Waals surface area contributed by atoms with Crippen molar-refractivity contribution in [3.05, 3.63) is 101 Å². The van der Waals surface area contributed by atoms with Crippen LogP contribution in [0.25, 0.3) is 0 Å². The van der Waals surface area contributed by atoms with Gasteiger partial charge in [0, 0.05) is 55.0 Å². The number of hydrogen-bond acceptors (Lipinski definition) is 4. The number of Topliss-reactive ketones (excluding diaryl/α,β-unsaturated/α-hetero) is 1. The fourth-order valence-corrected chi connectivity index (χ4v) is 4.90. The van der Waals surface area contributed by atoms with E-state index < -0.39 is 5.92 Å². The highest BCUT2D eigenvalue weighted by Gasteiger charge is 2.40. The van der Waals surface area contributed by atoms with E-state index in [2.05, 4.69) is 9.98 Å². The van der Waals surface area contributed by atoms with Crippen molar-refractivity contribution < 1.29 is 13.6 Å². The molecule has 1 aromatic heterocycles. The van der Waals surface area contributed by atoms with E-state index in [4.69, 9.17) is 0 Å².